The van der Waals surface area contributed by atoms with E-state index in [4.69, 9.17) is 0 Å². The first-order valence-electron chi connectivity index (χ1n) is 12.0. The Morgan fingerprint density at radius 3 is 1.97 bits per heavy atom. The molecule has 0 bridgehead atoms. The SMILES string of the molecule is CCCCCCCCCCCCCC(Cc1ccccc1-[n+]1ccccc1)C(=O)O. The van der Waals surface area contributed by atoms with Gasteiger partial charge in [-0.05, 0) is 12.8 Å². The topological polar surface area (TPSA) is 41.2 Å². The first kappa shape index (κ1) is 24.1. The van der Waals surface area contributed by atoms with Gasteiger partial charge in [0.15, 0.2) is 12.4 Å². The zero-order valence-electron chi connectivity index (χ0n) is 18.8. The van der Waals surface area contributed by atoms with Crippen molar-refractivity contribution in [1.82, 2.24) is 0 Å². The first-order chi connectivity index (χ1) is 14.7. The standard InChI is InChI=1S/C27H39NO2/c1-2-3-4-5-6-7-8-9-10-11-13-19-25(27(29)30)23-24-18-14-15-20-26(24)28-21-16-12-17-22-28/h12,14-18,20-22,25H,2-11,13,19,23H2,1H3/p+1. The van der Waals surface area contributed by atoms with Gasteiger partial charge in [0, 0.05) is 23.8 Å². The van der Waals surface area contributed by atoms with E-state index >= 15 is 0 Å². The van der Waals surface area contributed by atoms with E-state index in [2.05, 4.69) is 23.6 Å². The van der Waals surface area contributed by atoms with Gasteiger partial charge in [0.05, 0.1) is 5.92 Å². The molecular formula is C27H40NO2+. The van der Waals surface area contributed by atoms with Gasteiger partial charge in [-0.15, -0.1) is 0 Å². The molecule has 0 fully saturated rings. The van der Waals surface area contributed by atoms with Crippen molar-refractivity contribution in [1.29, 1.82) is 0 Å². The number of hydrogen-bond donors (Lipinski definition) is 1. The van der Waals surface area contributed by atoms with E-state index in [1.165, 1.54) is 57.8 Å². The Labute approximate surface area is 183 Å². The molecule has 0 radical (unpaired) electrons. The molecule has 0 amide bonds. The third-order valence-electron chi connectivity index (χ3n) is 5.96. The van der Waals surface area contributed by atoms with Crippen LogP contribution in [0.3, 0.4) is 0 Å². The summed E-state index contributed by atoms with van der Waals surface area (Å²) in [5.74, 6) is -0.982. The van der Waals surface area contributed by atoms with Crippen LogP contribution >= 0.6 is 0 Å². The molecule has 0 spiro atoms. The molecule has 1 aromatic heterocycles. The summed E-state index contributed by atoms with van der Waals surface area (Å²) in [4.78, 5) is 11.9. The molecule has 164 valence electrons. The number of para-hydroxylation sites is 1. The van der Waals surface area contributed by atoms with Gasteiger partial charge in [0.1, 0.15) is 0 Å². The molecule has 1 heterocycles. The molecule has 30 heavy (non-hydrogen) atoms. The molecule has 0 aliphatic carbocycles. The largest absolute Gasteiger partial charge is 0.481 e. The Morgan fingerprint density at radius 2 is 1.37 bits per heavy atom. The van der Waals surface area contributed by atoms with Gasteiger partial charge in [-0.25, -0.2) is 0 Å². The second kappa shape index (κ2) is 14.8. The van der Waals surface area contributed by atoms with Crippen molar-refractivity contribution in [2.24, 2.45) is 5.92 Å². The monoisotopic (exact) mass is 410 g/mol. The van der Waals surface area contributed by atoms with E-state index in [0.717, 1.165) is 30.5 Å². The van der Waals surface area contributed by atoms with Crippen LogP contribution in [-0.4, -0.2) is 11.1 Å². The number of benzene rings is 1. The van der Waals surface area contributed by atoms with E-state index in [1.807, 2.05) is 42.7 Å². The summed E-state index contributed by atoms with van der Waals surface area (Å²) >= 11 is 0. The number of pyridine rings is 1. The molecule has 2 rings (SSSR count). The van der Waals surface area contributed by atoms with Crippen molar-refractivity contribution < 1.29 is 14.5 Å². The number of aliphatic carboxylic acids is 1. The highest BCUT2D eigenvalue weighted by Crippen LogP contribution is 2.20. The fourth-order valence-electron chi connectivity index (χ4n) is 4.13. The number of carboxylic acid groups (broad SMARTS) is 1. The van der Waals surface area contributed by atoms with Crippen LogP contribution in [0.4, 0.5) is 0 Å². The number of carboxylic acids is 1. The third kappa shape index (κ3) is 9.11. The summed E-state index contributed by atoms with van der Waals surface area (Å²) in [6.07, 6.45) is 19.6. The lowest BCUT2D eigenvalue weighted by atomic mass is 9.92. The van der Waals surface area contributed by atoms with Crippen molar-refractivity contribution in [3.8, 4) is 5.69 Å². The van der Waals surface area contributed by atoms with E-state index in [0.29, 0.717) is 6.42 Å². The third-order valence-corrected chi connectivity index (χ3v) is 5.96. The molecule has 3 nitrogen and oxygen atoms in total. The average Bonchev–Trinajstić information content (AvgIpc) is 2.77. The highest BCUT2D eigenvalue weighted by atomic mass is 16.4. The Kier molecular flexibility index (Phi) is 11.9. The maximum Gasteiger partial charge on any atom is 0.306 e. The Balaban J connectivity index is 1.72. The van der Waals surface area contributed by atoms with Gasteiger partial charge in [-0.3, -0.25) is 4.79 Å². The molecule has 1 unspecified atom stereocenters. The maximum atomic E-state index is 11.9. The average molecular weight is 411 g/mol. The summed E-state index contributed by atoms with van der Waals surface area (Å²) in [5, 5.41) is 9.75. The maximum absolute atomic E-state index is 11.9. The van der Waals surface area contributed by atoms with E-state index < -0.39 is 5.97 Å². The van der Waals surface area contributed by atoms with Gasteiger partial charge >= 0.3 is 5.97 Å². The van der Waals surface area contributed by atoms with Crippen molar-refractivity contribution in [3.05, 3.63) is 60.4 Å². The fourth-order valence-corrected chi connectivity index (χ4v) is 4.13. The van der Waals surface area contributed by atoms with Gasteiger partial charge in [-0.1, -0.05) is 102 Å². The lowest BCUT2D eigenvalue weighted by Gasteiger charge is -2.13. The summed E-state index contributed by atoms with van der Waals surface area (Å²) in [7, 11) is 0. The van der Waals surface area contributed by atoms with Crippen LogP contribution in [0.15, 0.2) is 54.9 Å². The predicted octanol–water partition coefficient (Wildman–Crippen LogP) is 6.91. The van der Waals surface area contributed by atoms with Gasteiger partial charge < -0.3 is 5.11 Å². The Morgan fingerprint density at radius 1 is 0.800 bits per heavy atom. The van der Waals surface area contributed by atoms with Gasteiger partial charge in [-0.2, -0.15) is 4.57 Å². The molecule has 0 aliphatic rings. The second-order valence-electron chi connectivity index (χ2n) is 8.47. The minimum Gasteiger partial charge on any atom is -0.481 e. The molecule has 1 N–H and O–H groups in total. The van der Waals surface area contributed by atoms with Crippen molar-refractivity contribution in [2.75, 3.05) is 0 Å². The van der Waals surface area contributed by atoms with Crippen LogP contribution in [0.5, 0.6) is 0 Å². The van der Waals surface area contributed by atoms with Crippen LogP contribution in [0, 0.1) is 5.92 Å². The summed E-state index contributed by atoms with van der Waals surface area (Å²) < 4.78 is 2.07. The van der Waals surface area contributed by atoms with Crippen LogP contribution in [-0.2, 0) is 11.2 Å². The van der Waals surface area contributed by atoms with E-state index in [9.17, 15) is 9.90 Å². The van der Waals surface area contributed by atoms with Crippen molar-refractivity contribution >= 4 is 5.97 Å². The number of carbonyl (C=O) groups is 1. The number of unbranched alkanes of at least 4 members (excludes halogenated alkanes) is 10. The van der Waals surface area contributed by atoms with E-state index in [-0.39, 0.29) is 5.92 Å². The van der Waals surface area contributed by atoms with Crippen LogP contribution in [0.1, 0.15) is 89.5 Å². The lowest BCUT2D eigenvalue weighted by Crippen LogP contribution is -2.31. The molecular weight excluding hydrogens is 370 g/mol. The number of hydrogen-bond acceptors (Lipinski definition) is 1. The predicted molar refractivity (Wildman–Crippen MR) is 124 cm³/mol. The first-order valence-corrected chi connectivity index (χ1v) is 12.0. The van der Waals surface area contributed by atoms with Crippen molar-refractivity contribution in [2.45, 2.75) is 90.4 Å². The zero-order chi connectivity index (χ0) is 21.4. The Bertz CT molecular complexity index is 714. The fraction of sp³-hybridized carbons (Fsp3) is 0.556. The quantitative estimate of drug-likeness (QED) is 0.241. The smallest absolute Gasteiger partial charge is 0.306 e. The van der Waals surface area contributed by atoms with Crippen molar-refractivity contribution in [3.63, 3.8) is 0 Å². The van der Waals surface area contributed by atoms with Gasteiger partial charge in [0.25, 0.3) is 0 Å². The van der Waals surface area contributed by atoms with Crippen LogP contribution in [0.2, 0.25) is 0 Å². The number of nitrogens with zero attached hydrogens (tertiary/aromatic N) is 1. The highest BCUT2D eigenvalue weighted by Gasteiger charge is 2.21. The molecule has 0 saturated carbocycles. The van der Waals surface area contributed by atoms with Crippen LogP contribution < -0.4 is 4.57 Å². The highest BCUT2D eigenvalue weighted by molar-refractivity contribution is 5.70. The zero-order valence-corrected chi connectivity index (χ0v) is 18.8. The molecule has 0 saturated heterocycles. The second-order valence-corrected chi connectivity index (χ2v) is 8.47. The number of rotatable bonds is 16. The summed E-state index contributed by atoms with van der Waals surface area (Å²) in [6, 6.07) is 14.1. The normalized spacial score (nSPS) is 12.0. The van der Waals surface area contributed by atoms with Crippen LogP contribution in [0.25, 0.3) is 5.69 Å². The molecule has 2 aromatic rings. The van der Waals surface area contributed by atoms with E-state index in [1.54, 1.807) is 0 Å². The molecule has 1 atom stereocenters. The Hall–Kier alpha value is -2.16. The molecule has 0 aliphatic heterocycles. The molecule has 3 heteroatoms. The summed E-state index contributed by atoms with van der Waals surface area (Å²) in [6.45, 7) is 2.26. The number of aromatic nitrogens is 1. The molecule has 1 aromatic carbocycles. The lowest BCUT2D eigenvalue weighted by molar-refractivity contribution is -0.596. The minimum atomic E-state index is -0.671. The van der Waals surface area contributed by atoms with Gasteiger partial charge in [0.2, 0.25) is 5.69 Å². The minimum absolute atomic E-state index is 0.311. The summed E-state index contributed by atoms with van der Waals surface area (Å²) in [5.41, 5.74) is 2.17.